The van der Waals surface area contributed by atoms with Gasteiger partial charge in [-0.1, -0.05) is 18.2 Å². The van der Waals surface area contributed by atoms with Gasteiger partial charge in [-0.3, -0.25) is 4.79 Å². The number of hydrogen-bond acceptors (Lipinski definition) is 2. The summed E-state index contributed by atoms with van der Waals surface area (Å²) in [6.45, 7) is 0. The van der Waals surface area contributed by atoms with Gasteiger partial charge in [0.25, 0.3) is 0 Å². The summed E-state index contributed by atoms with van der Waals surface area (Å²) in [7, 11) is 0. The first-order chi connectivity index (χ1) is 7.83. The minimum Gasteiger partial charge on any atom is -0.490 e. The van der Waals surface area contributed by atoms with Gasteiger partial charge in [-0.05, 0) is 30.4 Å². The maximum Gasteiger partial charge on any atom is 0.132 e. The van der Waals surface area contributed by atoms with Crippen LogP contribution in [0.25, 0.3) is 0 Å². The van der Waals surface area contributed by atoms with Crippen molar-refractivity contribution < 1.29 is 9.53 Å². The van der Waals surface area contributed by atoms with E-state index >= 15 is 0 Å². The van der Waals surface area contributed by atoms with Crippen LogP contribution in [0.1, 0.15) is 31.2 Å². The molecule has 84 valence electrons. The fourth-order valence-corrected chi connectivity index (χ4v) is 2.81. The minimum atomic E-state index is 0.311. The number of hydrogen-bond donors (Lipinski definition) is 0. The summed E-state index contributed by atoms with van der Waals surface area (Å²) in [5, 5.41) is 0. The van der Waals surface area contributed by atoms with Gasteiger partial charge in [0, 0.05) is 19.3 Å². The molecule has 16 heavy (non-hydrogen) atoms. The SMILES string of the molecule is O=C1CCC([C@H]2Cc3ccccc3O2)CC1. The Kier molecular flexibility index (Phi) is 2.43. The Bertz CT molecular complexity index is 376. The van der Waals surface area contributed by atoms with Gasteiger partial charge in [-0.25, -0.2) is 0 Å². The first-order valence-electron chi connectivity index (χ1n) is 6.09. The smallest absolute Gasteiger partial charge is 0.132 e. The molecule has 0 unspecified atom stereocenters. The van der Waals surface area contributed by atoms with Gasteiger partial charge in [0.15, 0.2) is 0 Å². The summed E-state index contributed by atoms with van der Waals surface area (Å²) in [4.78, 5) is 11.2. The van der Waals surface area contributed by atoms with Crippen molar-refractivity contribution in [3.63, 3.8) is 0 Å². The molecule has 3 rings (SSSR count). The molecule has 2 aliphatic rings. The quantitative estimate of drug-likeness (QED) is 0.721. The average Bonchev–Trinajstić information content (AvgIpc) is 2.73. The van der Waals surface area contributed by atoms with Gasteiger partial charge < -0.3 is 4.74 Å². The number of para-hydroxylation sites is 1. The normalized spacial score (nSPS) is 25.2. The zero-order valence-corrected chi connectivity index (χ0v) is 9.32. The minimum absolute atomic E-state index is 0.311. The molecule has 1 aliphatic carbocycles. The van der Waals surface area contributed by atoms with Crippen molar-refractivity contribution in [3.8, 4) is 5.75 Å². The highest BCUT2D eigenvalue weighted by Gasteiger charge is 2.32. The van der Waals surface area contributed by atoms with E-state index in [9.17, 15) is 4.79 Å². The van der Waals surface area contributed by atoms with Crippen molar-refractivity contribution in [3.05, 3.63) is 29.8 Å². The Morgan fingerprint density at radius 2 is 1.88 bits per heavy atom. The van der Waals surface area contributed by atoms with Crippen LogP contribution in [0.3, 0.4) is 0 Å². The van der Waals surface area contributed by atoms with E-state index in [0.29, 0.717) is 17.8 Å². The Labute approximate surface area is 95.6 Å². The Morgan fingerprint density at radius 3 is 2.62 bits per heavy atom. The predicted octanol–water partition coefficient (Wildman–Crippen LogP) is 2.75. The van der Waals surface area contributed by atoms with Crippen LogP contribution in [0.5, 0.6) is 5.75 Å². The van der Waals surface area contributed by atoms with E-state index in [-0.39, 0.29) is 0 Å². The molecule has 1 heterocycles. The van der Waals surface area contributed by atoms with E-state index in [1.165, 1.54) is 5.56 Å². The molecule has 0 radical (unpaired) electrons. The number of carbonyl (C=O) groups is 1. The van der Waals surface area contributed by atoms with Gasteiger partial charge in [0.2, 0.25) is 0 Å². The number of ketones is 1. The first kappa shape index (κ1) is 9.88. The number of Topliss-reactive ketones (excluding diaryl/α,β-unsaturated/α-hetero) is 1. The van der Waals surface area contributed by atoms with E-state index in [1.54, 1.807) is 0 Å². The van der Waals surface area contributed by atoms with E-state index < -0.39 is 0 Å². The molecule has 0 amide bonds. The third-order valence-corrected chi connectivity index (χ3v) is 3.79. The molecule has 1 aromatic carbocycles. The van der Waals surface area contributed by atoms with Crippen molar-refractivity contribution in [2.75, 3.05) is 0 Å². The molecule has 1 aliphatic heterocycles. The van der Waals surface area contributed by atoms with E-state index in [0.717, 1.165) is 37.9 Å². The van der Waals surface area contributed by atoms with Gasteiger partial charge in [0.1, 0.15) is 17.6 Å². The standard InChI is InChI=1S/C14H16O2/c15-12-7-5-10(6-8-12)14-9-11-3-1-2-4-13(11)16-14/h1-4,10,14H,5-9H2/t14-/m1/s1. The molecular weight excluding hydrogens is 200 g/mol. The Hall–Kier alpha value is -1.31. The second-order valence-electron chi connectivity index (χ2n) is 4.84. The fourth-order valence-electron chi connectivity index (χ4n) is 2.81. The number of carbonyl (C=O) groups excluding carboxylic acids is 1. The fraction of sp³-hybridized carbons (Fsp3) is 0.500. The molecule has 0 spiro atoms. The van der Waals surface area contributed by atoms with Crippen molar-refractivity contribution >= 4 is 5.78 Å². The molecule has 1 aromatic rings. The second-order valence-corrected chi connectivity index (χ2v) is 4.84. The molecule has 0 saturated heterocycles. The highest BCUT2D eigenvalue weighted by atomic mass is 16.5. The number of rotatable bonds is 1. The van der Waals surface area contributed by atoms with E-state index in [4.69, 9.17) is 4.74 Å². The molecule has 0 aromatic heterocycles. The summed E-state index contributed by atoms with van der Waals surface area (Å²) in [6, 6.07) is 8.27. The highest BCUT2D eigenvalue weighted by Crippen LogP contribution is 2.36. The van der Waals surface area contributed by atoms with E-state index in [1.807, 2.05) is 12.1 Å². The lowest BCUT2D eigenvalue weighted by Crippen LogP contribution is -2.29. The van der Waals surface area contributed by atoms with Gasteiger partial charge >= 0.3 is 0 Å². The zero-order valence-electron chi connectivity index (χ0n) is 9.32. The van der Waals surface area contributed by atoms with Crippen molar-refractivity contribution in [2.24, 2.45) is 5.92 Å². The summed E-state index contributed by atoms with van der Waals surface area (Å²) in [5.41, 5.74) is 1.32. The van der Waals surface area contributed by atoms with Crippen LogP contribution in [0, 0.1) is 5.92 Å². The lowest BCUT2D eigenvalue weighted by molar-refractivity contribution is -0.121. The van der Waals surface area contributed by atoms with Crippen LogP contribution in [0.2, 0.25) is 0 Å². The largest absolute Gasteiger partial charge is 0.490 e. The average molecular weight is 216 g/mol. The molecule has 1 saturated carbocycles. The van der Waals surface area contributed by atoms with Crippen molar-refractivity contribution in [2.45, 2.75) is 38.2 Å². The molecule has 2 heteroatoms. The van der Waals surface area contributed by atoms with Crippen LogP contribution in [-0.4, -0.2) is 11.9 Å². The molecule has 1 atom stereocenters. The second kappa shape index (κ2) is 3.93. The predicted molar refractivity (Wildman–Crippen MR) is 61.5 cm³/mol. The molecule has 2 nitrogen and oxygen atoms in total. The lowest BCUT2D eigenvalue weighted by atomic mass is 9.83. The monoisotopic (exact) mass is 216 g/mol. The molecule has 1 fully saturated rings. The Morgan fingerprint density at radius 1 is 1.12 bits per heavy atom. The van der Waals surface area contributed by atoms with Crippen LogP contribution in [0.4, 0.5) is 0 Å². The maximum atomic E-state index is 11.2. The number of fused-ring (bicyclic) bond motifs is 1. The molecule has 0 N–H and O–H groups in total. The number of ether oxygens (including phenoxy) is 1. The van der Waals surface area contributed by atoms with Crippen LogP contribution in [-0.2, 0) is 11.2 Å². The first-order valence-corrected chi connectivity index (χ1v) is 6.09. The summed E-state index contributed by atoms with van der Waals surface area (Å²) < 4.78 is 5.97. The van der Waals surface area contributed by atoms with Gasteiger partial charge in [-0.15, -0.1) is 0 Å². The van der Waals surface area contributed by atoms with Crippen LogP contribution >= 0.6 is 0 Å². The topological polar surface area (TPSA) is 26.3 Å². The zero-order chi connectivity index (χ0) is 11.0. The van der Waals surface area contributed by atoms with Crippen molar-refractivity contribution in [1.82, 2.24) is 0 Å². The van der Waals surface area contributed by atoms with Crippen LogP contribution < -0.4 is 4.74 Å². The van der Waals surface area contributed by atoms with Gasteiger partial charge in [0.05, 0.1) is 0 Å². The van der Waals surface area contributed by atoms with Crippen LogP contribution in [0.15, 0.2) is 24.3 Å². The van der Waals surface area contributed by atoms with E-state index in [2.05, 4.69) is 12.1 Å². The maximum absolute atomic E-state index is 11.2. The number of benzene rings is 1. The molecule has 0 bridgehead atoms. The lowest BCUT2D eigenvalue weighted by Gasteiger charge is -2.26. The highest BCUT2D eigenvalue weighted by molar-refractivity contribution is 5.79. The summed E-state index contributed by atoms with van der Waals surface area (Å²) in [5.74, 6) is 2.04. The van der Waals surface area contributed by atoms with Crippen molar-refractivity contribution in [1.29, 1.82) is 0 Å². The van der Waals surface area contributed by atoms with Gasteiger partial charge in [-0.2, -0.15) is 0 Å². The summed E-state index contributed by atoms with van der Waals surface area (Å²) in [6.07, 6.45) is 4.86. The third-order valence-electron chi connectivity index (χ3n) is 3.79. The summed E-state index contributed by atoms with van der Waals surface area (Å²) >= 11 is 0. The Balaban J connectivity index is 1.69. The molecular formula is C14H16O2. The third kappa shape index (κ3) is 1.73.